The Hall–Kier alpha value is -3.87. The predicted molar refractivity (Wildman–Crippen MR) is 149 cm³/mol. The third kappa shape index (κ3) is 5.22. The van der Waals surface area contributed by atoms with Crippen LogP contribution in [0.3, 0.4) is 0 Å². The molecule has 2 fully saturated rings. The maximum absolute atomic E-state index is 14.2. The molecule has 0 radical (unpaired) electrons. The molecule has 5 unspecified atom stereocenters. The number of anilines is 1. The molecule has 3 N–H and O–H groups in total. The van der Waals surface area contributed by atoms with Crippen molar-refractivity contribution >= 4 is 17.6 Å². The Morgan fingerprint density at radius 1 is 0.897 bits per heavy atom. The zero-order chi connectivity index (χ0) is 26.8. The topological polar surface area (TPSA) is 73.5 Å². The maximum atomic E-state index is 14.2. The summed E-state index contributed by atoms with van der Waals surface area (Å²) in [5.41, 5.74) is 4.33. The molecule has 1 aliphatic carbocycles. The number of urea groups is 1. The molecule has 2 heterocycles. The highest BCUT2D eigenvalue weighted by Gasteiger charge is 2.48. The summed E-state index contributed by atoms with van der Waals surface area (Å²) >= 11 is 0. The van der Waals surface area contributed by atoms with E-state index in [0.717, 1.165) is 43.4 Å². The van der Waals surface area contributed by atoms with Crippen molar-refractivity contribution in [2.75, 3.05) is 11.9 Å². The molecule has 3 aromatic rings. The van der Waals surface area contributed by atoms with Gasteiger partial charge >= 0.3 is 6.03 Å². The zero-order valence-electron chi connectivity index (χ0n) is 22.0. The van der Waals surface area contributed by atoms with E-state index in [1.807, 2.05) is 12.1 Å². The molecule has 2 aliphatic heterocycles. The van der Waals surface area contributed by atoms with Crippen molar-refractivity contribution in [3.63, 3.8) is 0 Å². The van der Waals surface area contributed by atoms with Gasteiger partial charge in [0.25, 0.3) is 0 Å². The van der Waals surface area contributed by atoms with Crippen LogP contribution in [0, 0.1) is 17.7 Å². The minimum atomic E-state index is -0.303. The largest absolute Gasteiger partial charge is 0.378 e. The van der Waals surface area contributed by atoms with E-state index >= 15 is 0 Å². The summed E-state index contributed by atoms with van der Waals surface area (Å²) in [6, 6.07) is 24.6. The lowest BCUT2D eigenvalue weighted by molar-refractivity contribution is -0.138. The van der Waals surface area contributed by atoms with Crippen LogP contribution in [0.4, 0.5) is 14.9 Å². The summed E-state index contributed by atoms with van der Waals surface area (Å²) in [4.78, 5) is 29.1. The van der Waals surface area contributed by atoms with E-state index in [-0.39, 0.29) is 47.7 Å². The lowest BCUT2D eigenvalue weighted by atomic mass is 9.79. The molecule has 39 heavy (non-hydrogen) atoms. The summed E-state index contributed by atoms with van der Waals surface area (Å²) in [6.07, 6.45) is 4.46. The van der Waals surface area contributed by atoms with Crippen LogP contribution in [0.1, 0.15) is 60.9 Å². The SMILES string of the molecule is O=C(NCc1ccc(F)cc1)NC1CCCCC1C(=O)N1CCC2C(c3ccccc3)Nc3ccccc3C21. The third-order valence-corrected chi connectivity index (χ3v) is 8.67. The summed E-state index contributed by atoms with van der Waals surface area (Å²) < 4.78 is 13.2. The summed E-state index contributed by atoms with van der Waals surface area (Å²) in [6.45, 7) is 1.02. The van der Waals surface area contributed by atoms with Gasteiger partial charge in [0, 0.05) is 30.7 Å². The smallest absolute Gasteiger partial charge is 0.315 e. The van der Waals surface area contributed by atoms with E-state index < -0.39 is 0 Å². The van der Waals surface area contributed by atoms with Crippen LogP contribution >= 0.6 is 0 Å². The first-order valence-electron chi connectivity index (χ1n) is 14.1. The average Bonchev–Trinajstić information content (AvgIpc) is 3.42. The van der Waals surface area contributed by atoms with E-state index in [1.165, 1.54) is 23.3 Å². The molecule has 202 valence electrons. The molecule has 7 heteroatoms. The number of rotatable bonds is 5. The Balaban J connectivity index is 1.19. The number of carbonyl (C=O) groups excluding carboxylic acids is 2. The van der Waals surface area contributed by atoms with Crippen molar-refractivity contribution < 1.29 is 14.0 Å². The Labute approximate surface area is 229 Å². The second-order valence-electron chi connectivity index (χ2n) is 11.0. The maximum Gasteiger partial charge on any atom is 0.315 e. The summed E-state index contributed by atoms with van der Waals surface area (Å²) in [7, 11) is 0. The number of nitrogens with one attached hydrogen (secondary N) is 3. The quantitative estimate of drug-likeness (QED) is 0.385. The molecule has 0 spiro atoms. The first kappa shape index (κ1) is 25.4. The van der Waals surface area contributed by atoms with Gasteiger partial charge in [0.1, 0.15) is 5.82 Å². The van der Waals surface area contributed by atoms with Crippen molar-refractivity contribution in [1.29, 1.82) is 0 Å². The lowest BCUT2D eigenvalue weighted by Crippen LogP contribution is -2.52. The fraction of sp³-hybridized carbons (Fsp3) is 0.375. The van der Waals surface area contributed by atoms with Crippen molar-refractivity contribution in [3.05, 3.63) is 101 Å². The van der Waals surface area contributed by atoms with Crippen LogP contribution in [0.2, 0.25) is 0 Å². The number of halogens is 1. The minimum absolute atomic E-state index is 0.00929. The molecule has 6 nitrogen and oxygen atoms in total. The third-order valence-electron chi connectivity index (χ3n) is 8.67. The molecule has 3 amide bonds. The van der Waals surface area contributed by atoms with Crippen LogP contribution in [0.15, 0.2) is 78.9 Å². The van der Waals surface area contributed by atoms with Gasteiger partial charge in [-0.3, -0.25) is 4.79 Å². The van der Waals surface area contributed by atoms with E-state index in [9.17, 15) is 14.0 Å². The zero-order valence-corrected chi connectivity index (χ0v) is 22.0. The summed E-state index contributed by atoms with van der Waals surface area (Å²) in [5, 5.41) is 9.73. The van der Waals surface area contributed by atoms with Gasteiger partial charge in [-0.15, -0.1) is 0 Å². The number of nitrogens with zero attached hydrogens (tertiary/aromatic N) is 1. The first-order valence-corrected chi connectivity index (χ1v) is 14.1. The standard InChI is InChI=1S/C32H35FN4O2/c33-23-16-14-21(15-17-23)20-34-32(39)36-28-13-7-5-11-25(28)31(38)37-19-18-26-29(22-8-2-1-3-9-22)35-27-12-6-4-10-24(27)30(26)37/h1-4,6,8-10,12,14-17,25-26,28-30,35H,5,7,11,13,18-20H2,(H2,34,36,39). The molecular weight excluding hydrogens is 491 g/mol. The Morgan fingerprint density at radius 3 is 2.46 bits per heavy atom. The lowest BCUT2D eigenvalue weighted by Gasteiger charge is -2.42. The Morgan fingerprint density at radius 2 is 1.64 bits per heavy atom. The number of para-hydroxylation sites is 1. The predicted octanol–water partition coefficient (Wildman–Crippen LogP) is 5.94. The fourth-order valence-corrected chi connectivity index (χ4v) is 6.78. The van der Waals surface area contributed by atoms with Crippen molar-refractivity contribution in [3.8, 4) is 0 Å². The monoisotopic (exact) mass is 526 g/mol. The molecule has 0 bridgehead atoms. The van der Waals surface area contributed by atoms with Gasteiger partial charge in [-0.25, -0.2) is 9.18 Å². The first-order chi connectivity index (χ1) is 19.1. The van der Waals surface area contributed by atoms with E-state index in [1.54, 1.807) is 12.1 Å². The number of likely N-dealkylation sites (tertiary alicyclic amines) is 1. The second-order valence-corrected chi connectivity index (χ2v) is 11.0. The van der Waals surface area contributed by atoms with Gasteiger partial charge in [0.15, 0.2) is 0 Å². The van der Waals surface area contributed by atoms with E-state index in [2.05, 4.69) is 63.3 Å². The highest BCUT2D eigenvalue weighted by Crippen LogP contribution is 2.51. The molecule has 1 saturated heterocycles. The van der Waals surface area contributed by atoms with Gasteiger partial charge in [-0.1, -0.05) is 73.5 Å². The minimum Gasteiger partial charge on any atom is -0.378 e. The van der Waals surface area contributed by atoms with Crippen molar-refractivity contribution in [2.24, 2.45) is 11.8 Å². The Bertz CT molecular complexity index is 1320. The van der Waals surface area contributed by atoms with E-state index in [0.29, 0.717) is 13.1 Å². The average molecular weight is 527 g/mol. The van der Waals surface area contributed by atoms with E-state index in [4.69, 9.17) is 0 Å². The highest BCUT2D eigenvalue weighted by molar-refractivity contribution is 5.83. The van der Waals surface area contributed by atoms with Gasteiger partial charge in [0.05, 0.1) is 18.0 Å². The number of amides is 3. The van der Waals surface area contributed by atoms with Crippen molar-refractivity contribution in [1.82, 2.24) is 15.5 Å². The molecule has 1 saturated carbocycles. The van der Waals surface area contributed by atoms with Gasteiger partial charge < -0.3 is 20.9 Å². The van der Waals surface area contributed by atoms with Gasteiger partial charge in [-0.2, -0.15) is 0 Å². The Kier molecular flexibility index (Phi) is 7.22. The normalized spacial score (nSPS) is 25.7. The molecule has 0 aromatic heterocycles. The van der Waals surface area contributed by atoms with Crippen LogP contribution in [0.5, 0.6) is 0 Å². The molecule has 5 atom stereocenters. The molecule has 3 aliphatic rings. The fourth-order valence-electron chi connectivity index (χ4n) is 6.78. The number of hydrogen-bond donors (Lipinski definition) is 3. The van der Waals surface area contributed by atoms with Gasteiger partial charge in [0.2, 0.25) is 5.91 Å². The van der Waals surface area contributed by atoms with Gasteiger partial charge in [-0.05, 0) is 54.2 Å². The van der Waals surface area contributed by atoms with Crippen LogP contribution in [-0.2, 0) is 11.3 Å². The van der Waals surface area contributed by atoms with Crippen LogP contribution in [-0.4, -0.2) is 29.4 Å². The second kappa shape index (κ2) is 11.1. The van der Waals surface area contributed by atoms with Crippen LogP contribution in [0.25, 0.3) is 0 Å². The summed E-state index contributed by atoms with van der Waals surface area (Å²) in [5.74, 6) is -0.122. The number of benzene rings is 3. The number of fused-ring (bicyclic) bond motifs is 3. The van der Waals surface area contributed by atoms with Crippen molar-refractivity contribution in [2.45, 2.75) is 56.8 Å². The van der Waals surface area contributed by atoms with Crippen LogP contribution < -0.4 is 16.0 Å². The molecule has 3 aromatic carbocycles. The number of carbonyl (C=O) groups is 2. The number of hydrogen-bond acceptors (Lipinski definition) is 3. The molecular formula is C32H35FN4O2. The highest BCUT2D eigenvalue weighted by atomic mass is 19.1. The molecule has 6 rings (SSSR count).